The summed E-state index contributed by atoms with van der Waals surface area (Å²) in [6.07, 6.45) is 3.82. The molecule has 2 aliphatic heterocycles. The van der Waals surface area contributed by atoms with Crippen molar-refractivity contribution in [1.82, 2.24) is 5.06 Å². The lowest BCUT2D eigenvalue weighted by molar-refractivity contribution is -0.284. The fraction of sp³-hybridized carbons (Fsp3) is 0.600. The lowest BCUT2D eigenvalue weighted by Crippen LogP contribution is -2.50. The van der Waals surface area contributed by atoms with Gasteiger partial charge in [0.05, 0.1) is 90.9 Å². The van der Waals surface area contributed by atoms with Crippen molar-refractivity contribution in [2.45, 2.75) is 58.9 Å². The van der Waals surface area contributed by atoms with Gasteiger partial charge in [-0.05, 0) is 43.4 Å². The molecule has 2 bridgehead atoms. The van der Waals surface area contributed by atoms with Gasteiger partial charge in [-0.15, -0.1) is 0 Å². The van der Waals surface area contributed by atoms with Gasteiger partial charge in [-0.3, -0.25) is 4.84 Å². The zero-order chi connectivity index (χ0) is 30.8. The zero-order valence-corrected chi connectivity index (χ0v) is 26.9. The van der Waals surface area contributed by atoms with E-state index >= 15 is 0 Å². The molecule has 0 radical (unpaired) electrons. The lowest BCUT2D eigenvalue weighted by Gasteiger charge is -2.45. The van der Waals surface area contributed by atoms with Crippen LogP contribution in [0.4, 0.5) is 0 Å². The Bertz CT molecular complexity index is 1010. The van der Waals surface area contributed by atoms with Gasteiger partial charge in [-0.25, -0.2) is 0 Å². The van der Waals surface area contributed by atoms with Crippen molar-refractivity contribution in [3.63, 3.8) is 0 Å². The third kappa shape index (κ3) is 13.2. The standard InChI is InChI=1S/C35H53NO7/c1-29(2)34(33-11-7-6-8-12-33)36-35(4,5)28-42-18-10-9-17-37-19-20-38-21-22-39-23-24-40-25-26-41-27-31-13-15-32(16-14-31)30(3)43-36/h6-16,29-30,34H,17-28H2,1-5H3/b10-9-. The number of fused-ring (bicyclic) bond motifs is 24. The van der Waals surface area contributed by atoms with Gasteiger partial charge < -0.3 is 28.4 Å². The highest BCUT2D eigenvalue weighted by Crippen LogP contribution is 2.37. The molecule has 0 spiro atoms. The number of nitrogens with zero attached hydrogens (tertiary/aromatic N) is 1. The highest BCUT2D eigenvalue weighted by atomic mass is 16.7. The molecular formula is C35H53NO7. The van der Waals surface area contributed by atoms with Crippen LogP contribution < -0.4 is 0 Å². The topological polar surface area (TPSA) is 67.9 Å². The van der Waals surface area contributed by atoms with Gasteiger partial charge in [-0.1, -0.05) is 80.6 Å². The van der Waals surface area contributed by atoms with Crippen LogP contribution in [0.3, 0.4) is 0 Å². The molecule has 8 heteroatoms. The maximum Gasteiger partial charge on any atom is 0.102 e. The molecule has 0 aromatic heterocycles. The van der Waals surface area contributed by atoms with Crippen molar-refractivity contribution >= 4 is 0 Å². The molecule has 2 unspecified atom stereocenters. The van der Waals surface area contributed by atoms with Crippen molar-refractivity contribution < 1.29 is 33.3 Å². The van der Waals surface area contributed by atoms with E-state index < -0.39 is 5.54 Å². The monoisotopic (exact) mass is 599 g/mol. The van der Waals surface area contributed by atoms with E-state index in [-0.39, 0.29) is 12.1 Å². The summed E-state index contributed by atoms with van der Waals surface area (Å²) in [5.41, 5.74) is 3.02. The molecule has 2 heterocycles. The highest BCUT2D eigenvalue weighted by molar-refractivity contribution is 5.24. The number of hydrogen-bond acceptors (Lipinski definition) is 8. The second-order valence-corrected chi connectivity index (χ2v) is 11.7. The van der Waals surface area contributed by atoms with E-state index in [4.69, 9.17) is 33.3 Å². The highest BCUT2D eigenvalue weighted by Gasteiger charge is 2.38. The number of hydroxylamine groups is 2. The Morgan fingerprint density at radius 2 is 1.21 bits per heavy atom. The Morgan fingerprint density at radius 1 is 0.674 bits per heavy atom. The van der Waals surface area contributed by atoms with Crippen LogP contribution in [-0.2, 0) is 39.9 Å². The molecular weight excluding hydrogens is 546 g/mol. The van der Waals surface area contributed by atoms with Gasteiger partial charge in [-0.2, -0.15) is 5.06 Å². The predicted molar refractivity (Wildman–Crippen MR) is 169 cm³/mol. The summed E-state index contributed by atoms with van der Waals surface area (Å²) in [7, 11) is 0. The molecule has 0 fully saturated rings. The summed E-state index contributed by atoms with van der Waals surface area (Å²) in [6, 6.07) is 19.1. The minimum atomic E-state index is -0.414. The smallest absolute Gasteiger partial charge is 0.102 e. The van der Waals surface area contributed by atoms with Crippen LogP contribution in [0.15, 0.2) is 66.7 Å². The number of benzene rings is 2. The quantitative estimate of drug-likeness (QED) is 0.300. The van der Waals surface area contributed by atoms with Crippen molar-refractivity contribution in [3.8, 4) is 0 Å². The van der Waals surface area contributed by atoms with Gasteiger partial charge in [0.15, 0.2) is 0 Å². The molecule has 43 heavy (non-hydrogen) atoms. The van der Waals surface area contributed by atoms with Crippen LogP contribution in [0.25, 0.3) is 0 Å². The van der Waals surface area contributed by atoms with Gasteiger partial charge >= 0.3 is 0 Å². The zero-order valence-electron chi connectivity index (χ0n) is 26.9. The second kappa shape index (κ2) is 20.0. The Labute approximate surface area is 259 Å². The summed E-state index contributed by atoms with van der Waals surface area (Å²) in [6.45, 7) is 17.2. The number of rotatable bonds is 3. The number of hydrogen-bond donors (Lipinski definition) is 0. The Morgan fingerprint density at radius 3 is 1.79 bits per heavy atom. The van der Waals surface area contributed by atoms with Gasteiger partial charge in [0.2, 0.25) is 0 Å². The molecule has 2 aromatic rings. The average Bonchev–Trinajstić information content (AvgIpc) is 3.00. The summed E-state index contributed by atoms with van der Waals surface area (Å²) in [5, 5.41) is 2.15. The SMILES string of the molecule is CC1ON(C(c2ccccc2)C(C)C)C(C)(C)COC/C=C\COCCOCCOCCOCCOCc2ccc1cc2. The molecule has 4 rings (SSSR count). The first-order valence-corrected chi connectivity index (χ1v) is 15.6. The van der Waals surface area contributed by atoms with Crippen molar-refractivity contribution in [3.05, 3.63) is 83.4 Å². The minimum Gasteiger partial charge on any atom is -0.377 e. The molecule has 2 aliphatic rings. The van der Waals surface area contributed by atoms with E-state index in [9.17, 15) is 0 Å². The van der Waals surface area contributed by atoms with Crippen molar-refractivity contribution in [1.29, 1.82) is 0 Å². The first-order chi connectivity index (χ1) is 20.9. The molecule has 0 saturated carbocycles. The molecule has 240 valence electrons. The first kappa shape index (κ1) is 35.3. The van der Waals surface area contributed by atoms with E-state index in [2.05, 4.69) is 94.3 Å². The van der Waals surface area contributed by atoms with E-state index in [0.717, 1.165) is 11.1 Å². The first-order valence-electron chi connectivity index (χ1n) is 15.6. The Kier molecular flexibility index (Phi) is 16.4. The van der Waals surface area contributed by atoms with E-state index in [0.29, 0.717) is 85.2 Å². The van der Waals surface area contributed by atoms with Crippen LogP contribution in [-0.4, -0.2) is 83.3 Å². The third-order valence-corrected chi connectivity index (χ3v) is 7.15. The average molecular weight is 600 g/mol. The second-order valence-electron chi connectivity index (χ2n) is 11.7. The Hall–Kier alpha value is -2.14. The van der Waals surface area contributed by atoms with E-state index in [1.54, 1.807) is 0 Å². The summed E-state index contributed by atoms with van der Waals surface area (Å²) >= 11 is 0. The fourth-order valence-electron chi connectivity index (χ4n) is 4.84. The minimum absolute atomic E-state index is 0.0372. The maximum absolute atomic E-state index is 6.85. The summed E-state index contributed by atoms with van der Waals surface area (Å²) in [5.74, 6) is 0.306. The summed E-state index contributed by atoms with van der Waals surface area (Å²) in [4.78, 5) is 6.85. The molecule has 2 aromatic carbocycles. The van der Waals surface area contributed by atoms with Gasteiger partial charge in [0.25, 0.3) is 0 Å². The van der Waals surface area contributed by atoms with Crippen LogP contribution in [0, 0.1) is 5.92 Å². The molecule has 2 atom stereocenters. The van der Waals surface area contributed by atoms with Crippen molar-refractivity contribution in [2.75, 3.05) is 72.7 Å². The summed E-state index contributed by atoms with van der Waals surface area (Å²) < 4.78 is 34.3. The third-order valence-electron chi connectivity index (χ3n) is 7.15. The molecule has 0 N–H and O–H groups in total. The van der Waals surface area contributed by atoms with Crippen LogP contribution in [0.2, 0.25) is 0 Å². The van der Waals surface area contributed by atoms with Crippen LogP contribution in [0.1, 0.15) is 63.5 Å². The lowest BCUT2D eigenvalue weighted by atomic mass is 9.92. The normalized spacial score (nSPS) is 23.3. The van der Waals surface area contributed by atoms with Crippen LogP contribution in [0.5, 0.6) is 0 Å². The van der Waals surface area contributed by atoms with E-state index in [1.165, 1.54) is 5.56 Å². The largest absolute Gasteiger partial charge is 0.377 e. The Balaban J connectivity index is 1.72. The molecule has 0 aliphatic carbocycles. The van der Waals surface area contributed by atoms with Gasteiger partial charge in [0, 0.05) is 0 Å². The fourth-order valence-corrected chi connectivity index (χ4v) is 4.84. The maximum atomic E-state index is 6.85. The predicted octanol–water partition coefficient (Wildman–Crippen LogP) is 6.33. The van der Waals surface area contributed by atoms with Crippen LogP contribution >= 0.6 is 0 Å². The molecule has 0 amide bonds. The molecule has 8 nitrogen and oxygen atoms in total. The van der Waals surface area contributed by atoms with E-state index in [1.807, 2.05) is 12.2 Å². The molecule has 0 saturated heterocycles. The number of ether oxygens (including phenoxy) is 6. The van der Waals surface area contributed by atoms with Crippen molar-refractivity contribution in [2.24, 2.45) is 5.92 Å². The van der Waals surface area contributed by atoms with Gasteiger partial charge in [0.1, 0.15) is 6.10 Å².